The third-order valence-corrected chi connectivity index (χ3v) is 4.95. The van der Waals surface area contributed by atoms with Gasteiger partial charge in [-0.15, -0.1) is 0 Å². The summed E-state index contributed by atoms with van der Waals surface area (Å²) in [6, 6.07) is 9.39. The second-order valence-corrected chi connectivity index (χ2v) is 7.10. The van der Waals surface area contributed by atoms with Crippen molar-refractivity contribution in [3.63, 3.8) is 0 Å². The zero-order chi connectivity index (χ0) is 19.8. The van der Waals surface area contributed by atoms with Gasteiger partial charge in [-0.1, -0.05) is 17.8 Å². The van der Waals surface area contributed by atoms with Gasteiger partial charge in [-0.25, -0.2) is 9.78 Å². The van der Waals surface area contributed by atoms with Crippen LogP contribution >= 0.6 is 11.8 Å². The van der Waals surface area contributed by atoms with Gasteiger partial charge < -0.3 is 14.8 Å². The number of esters is 1. The predicted octanol–water partition coefficient (Wildman–Crippen LogP) is 3.16. The van der Waals surface area contributed by atoms with E-state index < -0.39 is 12.1 Å². The van der Waals surface area contributed by atoms with E-state index in [0.29, 0.717) is 23.7 Å². The van der Waals surface area contributed by atoms with Gasteiger partial charge in [-0.05, 0) is 56.2 Å². The zero-order valence-electron chi connectivity index (χ0n) is 15.9. The molecule has 0 aliphatic carbocycles. The van der Waals surface area contributed by atoms with Gasteiger partial charge in [-0.3, -0.25) is 4.79 Å². The minimum atomic E-state index is -0.908. The van der Waals surface area contributed by atoms with Crippen LogP contribution in [0.5, 0.6) is 0 Å². The Morgan fingerprint density at radius 2 is 2.00 bits per heavy atom. The van der Waals surface area contributed by atoms with Crippen LogP contribution in [-0.2, 0) is 14.3 Å². The highest BCUT2D eigenvalue weighted by molar-refractivity contribution is 7.99. The van der Waals surface area contributed by atoms with Crippen molar-refractivity contribution in [2.75, 3.05) is 20.3 Å². The van der Waals surface area contributed by atoms with Gasteiger partial charge in [0.1, 0.15) is 5.03 Å². The summed E-state index contributed by atoms with van der Waals surface area (Å²) in [6.45, 7) is 6.37. The van der Waals surface area contributed by atoms with Crippen molar-refractivity contribution in [3.05, 3.63) is 53.2 Å². The second kappa shape index (κ2) is 10.1. The number of amides is 1. The summed E-state index contributed by atoms with van der Waals surface area (Å²) in [7, 11) is 1.55. The number of carbonyl (C=O) groups is 2. The summed E-state index contributed by atoms with van der Waals surface area (Å²) < 4.78 is 10.2. The topological polar surface area (TPSA) is 77.5 Å². The van der Waals surface area contributed by atoms with Crippen LogP contribution in [-0.4, -0.2) is 43.2 Å². The number of hydrogen-bond acceptors (Lipinski definition) is 6. The number of hydrogen-bond donors (Lipinski definition) is 1. The second-order valence-electron chi connectivity index (χ2n) is 6.04. The van der Waals surface area contributed by atoms with Crippen LogP contribution in [0.4, 0.5) is 0 Å². The Bertz CT molecular complexity index is 810. The molecule has 2 rings (SSSR count). The molecule has 0 radical (unpaired) electrons. The number of methoxy groups -OCH3 is 1. The summed E-state index contributed by atoms with van der Waals surface area (Å²) in [6.07, 6.45) is 0.718. The molecule has 1 N–H and O–H groups in total. The van der Waals surface area contributed by atoms with Crippen molar-refractivity contribution >= 4 is 23.6 Å². The van der Waals surface area contributed by atoms with Crippen LogP contribution in [0.25, 0.3) is 0 Å². The molecular formula is C20H24N2O4S. The van der Waals surface area contributed by atoms with Crippen molar-refractivity contribution in [1.82, 2.24) is 10.3 Å². The van der Waals surface area contributed by atoms with E-state index >= 15 is 0 Å². The summed E-state index contributed by atoms with van der Waals surface area (Å²) in [4.78, 5) is 29.8. The molecule has 144 valence electrons. The van der Waals surface area contributed by atoms with Crippen molar-refractivity contribution in [2.45, 2.75) is 36.8 Å². The van der Waals surface area contributed by atoms with Gasteiger partial charge in [-0.2, -0.15) is 0 Å². The lowest BCUT2D eigenvalue weighted by molar-refractivity contribution is -0.129. The molecule has 0 spiro atoms. The fraction of sp³-hybridized carbons (Fsp3) is 0.350. The van der Waals surface area contributed by atoms with Gasteiger partial charge in [0.15, 0.2) is 6.10 Å². The normalized spacial score (nSPS) is 11.7. The van der Waals surface area contributed by atoms with Gasteiger partial charge in [0.05, 0.1) is 12.2 Å². The van der Waals surface area contributed by atoms with E-state index in [1.54, 1.807) is 25.4 Å². The minimum Gasteiger partial charge on any atom is -0.449 e. The number of rotatable bonds is 8. The Hall–Kier alpha value is -2.38. The Morgan fingerprint density at radius 3 is 2.70 bits per heavy atom. The molecule has 2 aromatic rings. The number of aromatic nitrogens is 1. The highest BCUT2D eigenvalue weighted by atomic mass is 32.2. The lowest BCUT2D eigenvalue weighted by Crippen LogP contribution is -2.37. The third kappa shape index (κ3) is 6.08. The molecule has 1 amide bonds. The molecular weight excluding hydrogens is 364 g/mol. The Kier molecular flexibility index (Phi) is 7.82. The van der Waals surface area contributed by atoms with Gasteiger partial charge in [0.2, 0.25) is 0 Å². The summed E-state index contributed by atoms with van der Waals surface area (Å²) in [5.74, 6) is -0.948. The number of nitrogens with one attached hydrogen (secondary N) is 1. The molecule has 7 heteroatoms. The summed E-state index contributed by atoms with van der Waals surface area (Å²) in [5, 5.41) is 3.18. The van der Waals surface area contributed by atoms with Crippen molar-refractivity contribution < 1.29 is 19.1 Å². The first kappa shape index (κ1) is 20.9. The molecule has 27 heavy (non-hydrogen) atoms. The smallest absolute Gasteiger partial charge is 0.341 e. The van der Waals surface area contributed by atoms with Gasteiger partial charge in [0.25, 0.3) is 5.91 Å². The van der Waals surface area contributed by atoms with E-state index in [1.807, 2.05) is 26.0 Å². The molecule has 1 aromatic carbocycles. The number of benzene rings is 1. The Balaban J connectivity index is 2.08. The van der Waals surface area contributed by atoms with Crippen molar-refractivity contribution in [1.29, 1.82) is 0 Å². The number of nitrogens with zero attached hydrogens (tertiary/aromatic N) is 1. The summed E-state index contributed by atoms with van der Waals surface area (Å²) >= 11 is 1.39. The molecule has 0 unspecified atom stereocenters. The summed E-state index contributed by atoms with van der Waals surface area (Å²) in [5.41, 5.74) is 2.70. The standard InChI is InChI=1S/C20H24N2O4S/c1-13-7-8-16(12-14(13)2)27-19-17(6-5-9-22-19)20(24)26-15(3)18(23)21-10-11-25-4/h5-9,12,15H,10-11H2,1-4H3,(H,21,23)/t15-/m0/s1. The Morgan fingerprint density at radius 1 is 1.22 bits per heavy atom. The number of carbonyl (C=O) groups excluding carboxylic acids is 2. The van der Waals surface area contributed by atoms with E-state index in [1.165, 1.54) is 29.8 Å². The first-order chi connectivity index (χ1) is 12.9. The molecule has 0 saturated carbocycles. The fourth-order valence-corrected chi connectivity index (χ4v) is 3.18. The first-order valence-electron chi connectivity index (χ1n) is 8.60. The SMILES string of the molecule is COCCNC(=O)[C@H](C)OC(=O)c1cccnc1Sc1ccc(C)c(C)c1. The number of ether oxygens (including phenoxy) is 2. The average Bonchev–Trinajstić information content (AvgIpc) is 2.65. The zero-order valence-corrected chi connectivity index (χ0v) is 16.8. The molecule has 1 atom stereocenters. The monoisotopic (exact) mass is 388 g/mol. The fourth-order valence-electron chi connectivity index (χ4n) is 2.21. The van der Waals surface area contributed by atoms with E-state index in [-0.39, 0.29) is 5.91 Å². The molecule has 0 aliphatic rings. The molecule has 6 nitrogen and oxygen atoms in total. The maximum absolute atomic E-state index is 12.5. The molecule has 1 aromatic heterocycles. The van der Waals surface area contributed by atoms with Crippen LogP contribution in [0, 0.1) is 13.8 Å². The van der Waals surface area contributed by atoms with Crippen LogP contribution < -0.4 is 5.32 Å². The minimum absolute atomic E-state index is 0.331. The lowest BCUT2D eigenvalue weighted by atomic mass is 10.1. The van der Waals surface area contributed by atoms with Crippen molar-refractivity contribution in [2.24, 2.45) is 0 Å². The first-order valence-corrected chi connectivity index (χ1v) is 9.41. The van der Waals surface area contributed by atoms with E-state index in [2.05, 4.69) is 16.4 Å². The highest BCUT2D eigenvalue weighted by Crippen LogP contribution is 2.30. The maximum Gasteiger partial charge on any atom is 0.341 e. The molecule has 0 bridgehead atoms. The molecule has 1 heterocycles. The van der Waals surface area contributed by atoms with Crippen LogP contribution in [0.15, 0.2) is 46.5 Å². The van der Waals surface area contributed by atoms with E-state index in [4.69, 9.17) is 9.47 Å². The number of pyridine rings is 1. The van der Waals surface area contributed by atoms with E-state index in [9.17, 15) is 9.59 Å². The Labute approximate surface area is 163 Å². The third-order valence-electron chi connectivity index (χ3n) is 3.94. The van der Waals surface area contributed by atoms with Gasteiger partial charge >= 0.3 is 5.97 Å². The predicted molar refractivity (Wildman–Crippen MR) is 104 cm³/mol. The van der Waals surface area contributed by atoms with Crippen LogP contribution in [0.1, 0.15) is 28.4 Å². The van der Waals surface area contributed by atoms with Crippen LogP contribution in [0.2, 0.25) is 0 Å². The van der Waals surface area contributed by atoms with Gasteiger partial charge in [0, 0.05) is 24.7 Å². The quantitative estimate of drug-likeness (QED) is 0.553. The lowest BCUT2D eigenvalue weighted by Gasteiger charge is -2.14. The van der Waals surface area contributed by atoms with Crippen LogP contribution in [0.3, 0.4) is 0 Å². The van der Waals surface area contributed by atoms with Crippen molar-refractivity contribution in [3.8, 4) is 0 Å². The maximum atomic E-state index is 12.5. The largest absolute Gasteiger partial charge is 0.449 e. The van der Waals surface area contributed by atoms with E-state index in [0.717, 1.165) is 4.90 Å². The molecule has 0 aliphatic heterocycles. The average molecular weight is 388 g/mol. The highest BCUT2D eigenvalue weighted by Gasteiger charge is 2.21. The molecule has 0 fully saturated rings. The molecule has 0 saturated heterocycles. The number of aryl methyl sites for hydroxylation is 2.